The zero-order chi connectivity index (χ0) is 18.4. The number of halogens is 2. The summed E-state index contributed by atoms with van der Waals surface area (Å²) in [4.78, 5) is 11.9. The fraction of sp³-hybridized carbons (Fsp3) is 0.316. The lowest BCUT2D eigenvalue weighted by molar-refractivity contribution is -0.123. The van der Waals surface area contributed by atoms with E-state index in [1.165, 1.54) is 29.6 Å². The minimum atomic E-state index is -0.344. The molecule has 0 spiro atoms. The summed E-state index contributed by atoms with van der Waals surface area (Å²) in [5.74, 6) is 2.43. The Bertz CT molecular complexity index is 752. The zero-order valence-electron chi connectivity index (χ0n) is 14.0. The van der Waals surface area contributed by atoms with E-state index in [0.717, 1.165) is 4.47 Å². The third-order valence-electron chi connectivity index (χ3n) is 3.83. The lowest BCUT2D eigenvalue weighted by Gasteiger charge is -2.21. The molecule has 0 saturated carbocycles. The van der Waals surface area contributed by atoms with Crippen LogP contribution in [0.15, 0.2) is 46.9 Å². The van der Waals surface area contributed by atoms with Gasteiger partial charge in [-0.15, -0.1) is 23.5 Å². The van der Waals surface area contributed by atoms with Gasteiger partial charge in [0.25, 0.3) is 5.91 Å². The zero-order valence-corrected chi connectivity index (χ0v) is 17.3. The van der Waals surface area contributed by atoms with Crippen LogP contribution in [-0.2, 0) is 11.3 Å². The van der Waals surface area contributed by atoms with E-state index in [0.29, 0.717) is 15.9 Å². The second kappa shape index (κ2) is 9.67. The van der Waals surface area contributed by atoms with Crippen molar-refractivity contribution in [2.45, 2.75) is 17.5 Å². The monoisotopic (exact) mass is 455 g/mol. The maximum Gasteiger partial charge on any atom is 0.258 e. The molecule has 1 fully saturated rings. The molecular formula is C19H19BrFNO2S2. The average molecular weight is 456 g/mol. The van der Waals surface area contributed by atoms with Gasteiger partial charge in [-0.1, -0.05) is 28.1 Å². The van der Waals surface area contributed by atoms with Gasteiger partial charge < -0.3 is 10.1 Å². The fourth-order valence-corrected chi connectivity index (χ4v) is 5.78. The number of thioether (sulfide) groups is 2. The summed E-state index contributed by atoms with van der Waals surface area (Å²) in [6, 6.07) is 12.5. The molecule has 0 atom stereocenters. The number of carbonyl (C=O) groups excluding carboxylic acids is 1. The highest BCUT2D eigenvalue weighted by Gasteiger charge is 2.16. The van der Waals surface area contributed by atoms with Crippen molar-refractivity contribution in [3.63, 3.8) is 0 Å². The average Bonchev–Trinajstić information content (AvgIpc) is 2.68. The van der Waals surface area contributed by atoms with Gasteiger partial charge in [0.05, 0.1) is 4.58 Å². The van der Waals surface area contributed by atoms with Crippen LogP contribution in [0.2, 0.25) is 0 Å². The van der Waals surface area contributed by atoms with E-state index in [9.17, 15) is 9.18 Å². The largest absolute Gasteiger partial charge is 0.484 e. The van der Waals surface area contributed by atoms with Crippen LogP contribution in [0.5, 0.6) is 5.75 Å². The first kappa shape index (κ1) is 19.6. The third-order valence-corrected chi connectivity index (χ3v) is 7.34. The van der Waals surface area contributed by atoms with Crippen molar-refractivity contribution in [2.75, 3.05) is 18.1 Å². The summed E-state index contributed by atoms with van der Waals surface area (Å²) >= 11 is 7.23. The topological polar surface area (TPSA) is 38.3 Å². The smallest absolute Gasteiger partial charge is 0.258 e. The SMILES string of the molecule is O=C(COc1ccc(C2SCCCS2)cc1)NCc1cc(Br)ccc1F. The van der Waals surface area contributed by atoms with E-state index >= 15 is 0 Å². The lowest BCUT2D eigenvalue weighted by Crippen LogP contribution is -2.28. The Labute approximate surface area is 169 Å². The Morgan fingerprint density at radius 2 is 1.92 bits per heavy atom. The Kier molecular flexibility index (Phi) is 7.28. The van der Waals surface area contributed by atoms with Crippen LogP contribution in [0.4, 0.5) is 4.39 Å². The molecule has 0 unspecified atom stereocenters. The molecule has 1 heterocycles. The number of benzene rings is 2. The molecule has 1 amide bonds. The summed E-state index contributed by atoms with van der Waals surface area (Å²) in [6.07, 6.45) is 1.27. The van der Waals surface area contributed by atoms with Crippen LogP contribution in [0.25, 0.3) is 0 Å². The van der Waals surface area contributed by atoms with Crippen LogP contribution in [0, 0.1) is 5.82 Å². The predicted molar refractivity (Wildman–Crippen MR) is 110 cm³/mol. The highest BCUT2D eigenvalue weighted by molar-refractivity contribution is 9.10. The van der Waals surface area contributed by atoms with Gasteiger partial charge in [-0.05, 0) is 53.8 Å². The third kappa shape index (κ3) is 5.66. The number of ether oxygens (including phenoxy) is 1. The molecule has 0 bridgehead atoms. The second-order valence-electron chi connectivity index (χ2n) is 5.80. The molecule has 0 aliphatic carbocycles. The van der Waals surface area contributed by atoms with Gasteiger partial charge in [0.1, 0.15) is 11.6 Å². The molecule has 2 aromatic carbocycles. The minimum Gasteiger partial charge on any atom is -0.484 e. The van der Waals surface area contributed by atoms with Crippen molar-refractivity contribution in [1.82, 2.24) is 5.32 Å². The van der Waals surface area contributed by atoms with Gasteiger partial charge in [-0.2, -0.15) is 0 Å². The maximum atomic E-state index is 13.7. The van der Waals surface area contributed by atoms with Crippen molar-refractivity contribution in [3.05, 3.63) is 63.9 Å². The number of rotatable bonds is 6. The molecule has 1 aliphatic heterocycles. The van der Waals surface area contributed by atoms with Gasteiger partial charge in [0, 0.05) is 16.6 Å². The molecule has 7 heteroatoms. The molecule has 3 rings (SSSR count). The standard InChI is InChI=1S/C19H19BrFNO2S2/c20-15-4-7-17(21)14(10-15)11-22-18(23)12-24-16-5-2-13(3-6-16)19-25-8-1-9-26-19/h2-7,10,19H,1,8-9,11-12H2,(H,22,23). The number of hydrogen-bond acceptors (Lipinski definition) is 4. The first-order chi connectivity index (χ1) is 12.6. The van der Waals surface area contributed by atoms with Crippen molar-refractivity contribution in [2.24, 2.45) is 0 Å². The lowest BCUT2D eigenvalue weighted by atomic mass is 10.2. The molecule has 1 aliphatic rings. The summed E-state index contributed by atoms with van der Waals surface area (Å²) in [6.45, 7) is 0.0322. The van der Waals surface area contributed by atoms with Crippen molar-refractivity contribution < 1.29 is 13.9 Å². The van der Waals surface area contributed by atoms with E-state index in [-0.39, 0.29) is 24.9 Å². The summed E-state index contributed by atoms with van der Waals surface area (Å²) in [7, 11) is 0. The van der Waals surface area contributed by atoms with Gasteiger partial charge in [-0.25, -0.2) is 4.39 Å². The van der Waals surface area contributed by atoms with Gasteiger partial charge in [0.2, 0.25) is 0 Å². The summed E-state index contributed by atoms with van der Waals surface area (Å²) in [5, 5.41) is 2.67. The number of amides is 1. The summed E-state index contributed by atoms with van der Waals surface area (Å²) in [5.41, 5.74) is 1.71. The molecule has 1 N–H and O–H groups in total. The maximum absolute atomic E-state index is 13.7. The Morgan fingerprint density at radius 3 is 2.65 bits per heavy atom. The van der Waals surface area contributed by atoms with Crippen LogP contribution in [-0.4, -0.2) is 24.0 Å². The van der Waals surface area contributed by atoms with Crippen LogP contribution < -0.4 is 10.1 Å². The second-order valence-corrected chi connectivity index (χ2v) is 9.44. The number of carbonyl (C=O) groups is 1. The molecule has 1 saturated heterocycles. The highest BCUT2D eigenvalue weighted by Crippen LogP contribution is 2.43. The van der Waals surface area contributed by atoms with Crippen molar-refractivity contribution >= 4 is 45.4 Å². The van der Waals surface area contributed by atoms with Crippen LogP contribution in [0.3, 0.4) is 0 Å². The van der Waals surface area contributed by atoms with E-state index in [1.807, 2.05) is 35.7 Å². The number of nitrogens with one attached hydrogen (secondary N) is 1. The first-order valence-corrected chi connectivity index (χ1v) is 11.2. The highest BCUT2D eigenvalue weighted by atomic mass is 79.9. The molecular weight excluding hydrogens is 437 g/mol. The predicted octanol–water partition coefficient (Wildman–Crippen LogP) is 5.15. The van der Waals surface area contributed by atoms with Crippen molar-refractivity contribution in [1.29, 1.82) is 0 Å². The first-order valence-electron chi connectivity index (χ1n) is 8.28. The fourth-order valence-electron chi connectivity index (χ4n) is 2.47. The van der Waals surface area contributed by atoms with E-state index < -0.39 is 0 Å². The van der Waals surface area contributed by atoms with E-state index in [4.69, 9.17) is 4.74 Å². The quantitative estimate of drug-likeness (QED) is 0.653. The molecule has 0 radical (unpaired) electrons. The van der Waals surface area contributed by atoms with Crippen molar-refractivity contribution in [3.8, 4) is 5.75 Å². The Morgan fingerprint density at radius 1 is 1.19 bits per heavy atom. The van der Waals surface area contributed by atoms with Gasteiger partial charge >= 0.3 is 0 Å². The molecule has 26 heavy (non-hydrogen) atoms. The molecule has 0 aromatic heterocycles. The van der Waals surface area contributed by atoms with Crippen LogP contribution in [0.1, 0.15) is 22.1 Å². The number of hydrogen-bond donors (Lipinski definition) is 1. The van der Waals surface area contributed by atoms with Gasteiger partial charge in [0.15, 0.2) is 6.61 Å². The minimum absolute atomic E-state index is 0.0953. The van der Waals surface area contributed by atoms with Gasteiger partial charge in [-0.3, -0.25) is 4.79 Å². The Hall–Kier alpha value is -1.18. The normalized spacial score (nSPS) is 14.8. The molecule has 3 nitrogen and oxygen atoms in total. The summed E-state index contributed by atoms with van der Waals surface area (Å²) < 4.78 is 20.4. The molecule has 2 aromatic rings. The Balaban J connectivity index is 1.46. The van der Waals surface area contributed by atoms with Crippen LogP contribution >= 0.6 is 39.5 Å². The van der Waals surface area contributed by atoms with E-state index in [1.54, 1.807) is 12.1 Å². The molecule has 138 valence electrons. The van der Waals surface area contributed by atoms with E-state index in [2.05, 4.69) is 33.4 Å².